The van der Waals surface area contributed by atoms with E-state index >= 15 is 0 Å². The molecule has 1 aliphatic rings. The van der Waals surface area contributed by atoms with E-state index in [2.05, 4.69) is 23.8 Å². The molecule has 0 saturated carbocycles. The van der Waals surface area contributed by atoms with Crippen molar-refractivity contribution in [3.63, 3.8) is 0 Å². The number of hydrogen-bond acceptors (Lipinski definition) is 12. The Morgan fingerprint density at radius 2 is 1.77 bits per heavy atom. The number of phosphoric ester groups is 1. The summed E-state index contributed by atoms with van der Waals surface area (Å²) in [5.41, 5.74) is 6.00. The molecule has 2 aromatic heterocycles. The van der Waals surface area contributed by atoms with Crippen molar-refractivity contribution < 1.29 is 57.1 Å². The number of nitrogens with two attached hydrogens (primary N) is 1. The molecule has 20 heteroatoms. The smallest absolute Gasteiger partial charge is 0.387 e. The van der Waals surface area contributed by atoms with Gasteiger partial charge in [0.15, 0.2) is 17.7 Å². The van der Waals surface area contributed by atoms with Crippen LogP contribution in [0.4, 0.5) is 5.82 Å². The molecule has 0 radical (unpaired) electrons. The first-order valence-electron chi connectivity index (χ1n) is 7.75. The topological polar surface area (TPSA) is 270 Å². The molecule has 30 heavy (non-hydrogen) atoms. The van der Waals surface area contributed by atoms with Crippen molar-refractivity contribution in [1.82, 2.24) is 19.5 Å². The lowest BCUT2D eigenvalue weighted by molar-refractivity contribution is -0.0501. The summed E-state index contributed by atoms with van der Waals surface area (Å²) in [6, 6.07) is 0. The normalized spacial score (nSPS) is 29.0. The van der Waals surface area contributed by atoms with Gasteiger partial charge in [0.2, 0.25) is 0 Å². The van der Waals surface area contributed by atoms with E-state index in [1.165, 1.54) is 10.9 Å². The van der Waals surface area contributed by atoms with E-state index in [9.17, 15) is 28.8 Å². The Balaban J connectivity index is 1.73. The zero-order valence-corrected chi connectivity index (χ0v) is 17.2. The number of aromatic nitrogens is 4. The van der Waals surface area contributed by atoms with Crippen molar-refractivity contribution in [2.75, 3.05) is 12.3 Å². The van der Waals surface area contributed by atoms with Crippen LogP contribution in [0, 0.1) is 0 Å². The molecule has 8 N–H and O–H groups in total. The van der Waals surface area contributed by atoms with E-state index in [0.717, 1.165) is 6.33 Å². The van der Waals surface area contributed by atoms with Gasteiger partial charge >= 0.3 is 22.4 Å². The van der Waals surface area contributed by atoms with Gasteiger partial charge in [-0.3, -0.25) is 9.09 Å². The average Bonchev–Trinajstić information content (AvgIpc) is 3.15. The van der Waals surface area contributed by atoms with Crippen LogP contribution in [0.1, 0.15) is 6.23 Å². The Labute approximate surface area is 166 Å². The van der Waals surface area contributed by atoms with Crippen LogP contribution in [0.25, 0.3) is 11.2 Å². The maximum Gasteiger partial charge on any atom is 0.479 e. The molecule has 1 fully saturated rings. The van der Waals surface area contributed by atoms with E-state index in [-0.39, 0.29) is 17.0 Å². The van der Waals surface area contributed by atoms with Crippen LogP contribution in [0.3, 0.4) is 0 Å². The molecule has 2 aromatic rings. The predicted octanol–water partition coefficient (Wildman–Crippen LogP) is -1.56. The van der Waals surface area contributed by atoms with Crippen LogP contribution in [0.2, 0.25) is 0 Å². The number of rotatable bonds is 7. The van der Waals surface area contributed by atoms with Crippen molar-refractivity contribution in [3.8, 4) is 0 Å². The van der Waals surface area contributed by atoms with Crippen LogP contribution in [-0.4, -0.2) is 74.2 Å². The summed E-state index contributed by atoms with van der Waals surface area (Å²) in [5, 5.41) is 20.4. The molecule has 0 spiro atoms. The van der Waals surface area contributed by atoms with Crippen LogP contribution < -0.4 is 5.73 Å². The fourth-order valence-corrected chi connectivity index (χ4v) is 6.19. The van der Waals surface area contributed by atoms with E-state index in [4.69, 9.17) is 25.2 Å². The first kappa shape index (κ1) is 23.3. The van der Waals surface area contributed by atoms with E-state index in [0.29, 0.717) is 0 Å². The quantitative estimate of drug-likeness (QED) is 0.216. The summed E-state index contributed by atoms with van der Waals surface area (Å²) >= 11 is 0. The highest BCUT2D eigenvalue weighted by atomic mass is 32.1. The highest BCUT2D eigenvalue weighted by molar-refractivity contribution is 8.27. The van der Waals surface area contributed by atoms with Gasteiger partial charge in [0, 0.05) is 0 Å². The van der Waals surface area contributed by atoms with E-state index in [1.54, 1.807) is 0 Å². The molecule has 2 unspecified atom stereocenters. The number of aliphatic hydroxyl groups excluding tert-OH is 2. The van der Waals surface area contributed by atoms with E-state index < -0.39 is 53.5 Å². The molecule has 0 amide bonds. The Bertz CT molecular complexity index is 1090. The molecule has 0 aromatic carbocycles. The van der Waals surface area contributed by atoms with Crippen molar-refractivity contribution in [1.29, 1.82) is 0 Å². The van der Waals surface area contributed by atoms with Gasteiger partial charge in [0.25, 0.3) is 0 Å². The van der Waals surface area contributed by atoms with Crippen LogP contribution in [-0.2, 0) is 27.3 Å². The maximum atomic E-state index is 11.7. The number of ether oxygens (including phenoxy) is 1. The highest BCUT2D eigenvalue weighted by Gasteiger charge is 2.50. The van der Waals surface area contributed by atoms with Gasteiger partial charge in [-0.05, 0) is 0 Å². The number of anilines is 1. The van der Waals surface area contributed by atoms with Crippen molar-refractivity contribution in [2.24, 2.45) is 0 Å². The second-order valence-corrected chi connectivity index (χ2v) is 12.9. The highest BCUT2D eigenvalue weighted by Crippen LogP contribution is 2.80. The number of fused-ring (bicyclic) bond motifs is 1. The summed E-state index contributed by atoms with van der Waals surface area (Å²) in [7, 11) is -17.1. The molecule has 1 aliphatic heterocycles. The molecule has 0 aliphatic carbocycles. The third-order valence-corrected chi connectivity index (χ3v) is 9.38. The predicted molar refractivity (Wildman–Crippen MR) is 94.4 cm³/mol. The zero-order valence-electron chi connectivity index (χ0n) is 14.5. The first-order chi connectivity index (χ1) is 13.7. The summed E-state index contributed by atoms with van der Waals surface area (Å²) in [4.78, 5) is 47.5. The van der Waals surface area contributed by atoms with Crippen LogP contribution in [0.15, 0.2) is 12.7 Å². The first-order valence-corrected chi connectivity index (χ1v) is 13.1. The zero-order chi connectivity index (χ0) is 22.5. The monoisotopic (exact) mass is 491 g/mol. The molecular formula is C10H16N5O12P3. The SMILES string of the molecule is Nc1ncnc2c1ncn2[C@H]1O[C@@H](COP(=O)(O)OP(=O)(O)P(=O)(O)O)[C@@H](O)[C@@H]1O. The summed E-state index contributed by atoms with van der Waals surface area (Å²) < 4.78 is 48.6. The third-order valence-electron chi connectivity index (χ3n) is 3.94. The number of nitrogen functional groups attached to an aromatic ring is 1. The Morgan fingerprint density at radius 1 is 1.10 bits per heavy atom. The van der Waals surface area contributed by atoms with Gasteiger partial charge in [0.1, 0.15) is 30.2 Å². The lowest BCUT2D eigenvalue weighted by Gasteiger charge is -2.19. The van der Waals surface area contributed by atoms with Gasteiger partial charge < -0.3 is 40.3 Å². The Morgan fingerprint density at radius 3 is 2.40 bits per heavy atom. The summed E-state index contributed by atoms with van der Waals surface area (Å²) in [6.07, 6.45) is -3.69. The summed E-state index contributed by atoms with van der Waals surface area (Å²) in [5.74, 6) is 0.0449. The minimum atomic E-state index is -5.83. The Hall–Kier alpha value is -1.32. The fraction of sp³-hybridized carbons (Fsp3) is 0.500. The number of imidazole rings is 1. The lowest BCUT2D eigenvalue weighted by atomic mass is 10.1. The van der Waals surface area contributed by atoms with Gasteiger partial charge in [0.05, 0.1) is 12.9 Å². The number of aliphatic hydroxyl groups is 2. The Kier molecular flexibility index (Phi) is 6.21. The van der Waals surface area contributed by atoms with Gasteiger partial charge in [-0.1, -0.05) is 0 Å². The molecule has 3 heterocycles. The molecule has 6 atom stereocenters. The average molecular weight is 491 g/mol. The van der Waals surface area contributed by atoms with Gasteiger partial charge in [-0.25, -0.2) is 28.6 Å². The molecule has 0 bridgehead atoms. The van der Waals surface area contributed by atoms with Crippen LogP contribution >= 0.6 is 22.4 Å². The summed E-state index contributed by atoms with van der Waals surface area (Å²) in [6.45, 7) is -0.965. The third kappa shape index (κ3) is 4.48. The van der Waals surface area contributed by atoms with Crippen molar-refractivity contribution >= 4 is 39.4 Å². The maximum absolute atomic E-state index is 11.7. The minimum Gasteiger partial charge on any atom is -0.387 e. The van der Waals surface area contributed by atoms with Gasteiger partial charge in [-0.2, -0.15) is 4.31 Å². The second kappa shape index (κ2) is 7.98. The van der Waals surface area contributed by atoms with Crippen molar-refractivity contribution in [2.45, 2.75) is 24.5 Å². The van der Waals surface area contributed by atoms with Gasteiger partial charge in [-0.15, -0.1) is 0 Å². The minimum absolute atomic E-state index is 0.0449. The standard InChI is InChI=1S/C10H16N5O12P3/c11-8-5-9(13-2-12-8)15(3-14-5)10-7(17)6(16)4(26-10)1-25-29(21,22)27-30(23,24)28(18,19)20/h2-4,6-7,10,16-17H,1H2,(H,21,22)(H,23,24)(H2,11,12,13)(H2,18,19,20)/t4-,6+,7-,10-/m0/s1. The lowest BCUT2D eigenvalue weighted by Crippen LogP contribution is -2.33. The fourth-order valence-electron chi connectivity index (χ4n) is 2.53. The molecule has 1 saturated heterocycles. The number of hydrogen-bond donors (Lipinski definition) is 7. The van der Waals surface area contributed by atoms with Crippen LogP contribution in [0.5, 0.6) is 0 Å². The molecule has 168 valence electrons. The number of nitrogens with zero attached hydrogens (tertiary/aromatic N) is 4. The molecule has 3 rings (SSSR count). The number of phosphoric acid groups is 1. The molecule has 17 nitrogen and oxygen atoms in total. The second-order valence-electron chi connectivity index (χ2n) is 5.98. The van der Waals surface area contributed by atoms with E-state index in [1.807, 2.05) is 0 Å². The largest absolute Gasteiger partial charge is 0.479 e. The van der Waals surface area contributed by atoms with Crippen molar-refractivity contribution in [3.05, 3.63) is 12.7 Å². The molecular weight excluding hydrogens is 475 g/mol.